The maximum absolute atomic E-state index is 12.4. The third-order valence-electron chi connectivity index (χ3n) is 2.92. The molecule has 0 N–H and O–H groups in total. The van der Waals surface area contributed by atoms with Crippen molar-refractivity contribution in [2.45, 2.75) is 25.9 Å². The molecule has 0 bridgehead atoms. The van der Waals surface area contributed by atoms with E-state index in [1.165, 1.54) is 4.90 Å². The molecule has 16 heavy (non-hydrogen) atoms. The molecule has 2 nitrogen and oxygen atoms in total. The molecule has 0 aliphatic carbocycles. The zero-order valence-electron chi connectivity index (χ0n) is 9.06. The van der Waals surface area contributed by atoms with E-state index in [4.69, 9.17) is 11.6 Å². The fraction of sp³-hybridized carbons (Fsp3) is 0.900. The highest BCUT2D eigenvalue weighted by Gasteiger charge is 2.41. The molecular formula is C10H15ClF3NO. The van der Waals surface area contributed by atoms with Crippen LogP contribution in [0.4, 0.5) is 13.2 Å². The van der Waals surface area contributed by atoms with Crippen molar-refractivity contribution in [1.82, 2.24) is 4.90 Å². The summed E-state index contributed by atoms with van der Waals surface area (Å²) in [5.41, 5.74) is 0. The second kappa shape index (κ2) is 5.25. The molecule has 0 aromatic heterocycles. The second-order valence-corrected chi connectivity index (χ2v) is 4.51. The van der Waals surface area contributed by atoms with E-state index >= 15 is 0 Å². The zero-order valence-corrected chi connectivity index (χ0v) is 9.81. The SMILES string of the molecule is CC(CCl)C(=O)N1CCC(C(F)(F)F)CC1. The summed E-state index contributed by atoms with van der Waals surface area (Å²) in [5.74, 6) is -1.51. The summed E-state index contributed by atoms with van der Waals surface area (Å²) in [5, 5.41) is 0. The monoisotopic (exact) mass is 257 g/mol. The van der Waals surface area contributed by atoms with Crippen LogP contribution in [0.5, 0.6) is 0 Å². The molecule has 0 radical (unpaired) electrons. The van der Waals surface area contributed by atoms with E-state index < -0.39 is 12.1 Å². The Labute approximate surface area is 97.7 Å². The van der Waals surface area contributed by atoms with Crippen LogP contribution in [0, 0.1) is 11.8 Å². The number of carbonyl (C=O) groups excluding carboxylic acids is 1. The molecule has 1 rings (SSSR count). The molecule has 0 aromatic rings. The molecule has 94 valence electrons. The fourth-order valence-electron chi connectivity index (χ4n) is 1.80. The quantitative estimate of drug-likeness (QED) is 0.697. The number of hydrogen-bond donors (Lipinski definition) is 0. The van der Waals surface area contributed by atoms with Crippen LogP contribution in [0.2, 0.25) is 0 Å². The van der Waals surface area contributed by atoms with Crippen LogP contribution < -0.4 is 0 Å². The predicted octanol–water partition coefficient (Wildman–Crippen LogP) is 2.66. The number of rotatable bonds is 2. The number of nitrogens with zero attached hydrogens (tertiary/aromatic N) is 1. The first-order valence-corrected chi connectivity index (χ1v) is 5.81. The zero-order chi connectivity index (χ0) is 12.3. The van der Waals surface area contributed by atoms with Gasteiger partial charge in [0.25, 0.3) is 0 Å². The normalized spacial score (nSPS) is 20.9. The van der Waals surface area contributed by atoms with Gasteiger partial charge in [-0.3, -0.25) is 4.79 Å². The van der Waals surface area contributed by atoms with Crippen molar-refractivity contribution < 1.29 is 18.0 Å². The van der Waals surface area contributed by atoms with Gasteiger partial charge in [0, 0.05) is 24.9 Å². The third kappa shape index (κ3) is 3.27. The van der Waals surface area contributed by atoms with Gasteiger partial charge in [0.15, 0.2) is 0 Å². The van der Waals surface area contributed by atoms with Gasteiger partial charge in [0.2, 0.25) is 5.91 Å². The number of amides is 1. The first kappa shape index (κ1) is 13.6. The third-order valence-corrected chi connectivity index (χ3v) is 3.39. The Morgan fingerprint density at radius 2 is 1.94 bits per heavy atom. The molecule has 1 unspecified atom stereocenters. The Kier molecular flexibility index (Phi) is 4.47. The summed E-state index contributed by atoms with van der Waals surface area (Å²) in [6.07, 6.45) is -4.12. The highest BCUT2D eigenvalue weighted by atomic mass is 35.5. The lowest BCUT2D eigenvalue weighted by Crippen LogP contribution is -2.44. The van der Waals surface area contributed by atoms with Crippen molar-refractivity contribution in [2.24, 2.45) is 11.8 Å². The first-order chi connectivity index (χ1) is 7.36. The van der Waals surface area contributed by atoms with Gasteiger partial charge in [-0.2, -0.15) is 13.2 Å². The van der Waals surface area contributed by atoms with Crippen LogP contribution in [0.3, 0.4) is 0 Å². The van der Waals surface area contributed by atoms with E-state index in [0.29, 0.717) is 0 Å². The van der Waals surface area contributed by atoms with Crippen molar-refractivity contribution in [1.29, 1.82) is 0 Å². The Morgan fingerprint density at radius 3 is 2.31 bits per heavy atom. The molecule has 1 heterocycles. The van der Waals surface area contributed by atoms with Crippen molar-refractivity contribution in [3.05, 3.63) is 0 Å². The summed E-state index contributed by atoms with van der Waals surface area (Å²) < 4.78 is 37.1. The molecule has 0 spiro atoms. The average molecular weight is 258 g/mol. The molecule has 0 saturated carbocycles. The van der Waals surface area contributed by atoms with E-state index in [1.807, 2.05) is 0 Å². The van der Waals surface area contributed by atoms with Crippen molar-refractivity contribution in [2.75, 3.05) is 19.0 Å². The maximum Gasteiger partial charge on any atom is 0.391 e. The van der Waals surface area contributed by atoms with E-state index in [1.54, 1.807) is 6.92 Å². The van der Waals surface area contributed by atoms with Gasteiger partial charge in [-0.25, -0.2) is 0 Å². The van der Waals surface area contributed by atoms with Gasteiger partial charge in [-0.05, 0) is 12.8 Å². The number of halogens is 4. The molecule has 1 amide bonds. The molecule has 6 heteroatoms. The van der Waals surface area contributed by atoms with Crippen molar-refractivity contribution >= 4 is 17.5 Å². The fourth-order valence-corrected chi connectivity index (χ4v) is 1.94. The minimum absolute atomic E-state index is 0.00421. The lowest BCUT2D eigenvalue weighted by molar-refractivity contribution is -0.186. The Morgan fingerprint density at radius 1 is 1.44 bits per heavy atom. The summed E-state index contributed by atoms with van der Waals surface area (Å²) in [4.78, 5) is 13.1. The highest BCUT2D eigenvalue weighted by molar-refractivity contribution is 6.19. The highest BCUT2D eigenvalue weighted by Crippen LogP contribution is 2.34. The lowest BCUT2D eigenvalue weighted by atomic mass is 9.95. The van der Waals surface area contributed by atoms with E-state index in [0.717, 1.165) is 0 Å². The largest absolute Gasteiger partial charge is 0.391 e. The molecular weight excluding hydrogens is 243 g/mol. The number of likely N-dealkylation sites (tertiary alicyclic amines) is 1. The minimum Gasteiger partial charge on any atom is -0.342 e. The van der Waals surface area contributed by atoms with E-state index in [-0.39, 0.29) is 43.6 Å². The molecule has 1 saturated heterocycles. The molecule has 1 fully saturated rings. The van der Waals surface area contributed by atoms with Crippen LogP contribution in [-0.4, -0.2) is 36.0 Å². The van der Waals surface area contributed by atoms with E-state index in [9.17, 15) is 18.0 Å². The Bertz CT molecular complexity index is 249. The first-order valence-electron chi connectivity index (χ1n) is 5.27. The maximum atomic E-state index is 12.4. The van der Waals surface area contributed by atoms with Gasteiger partial charge < -0.3 is 4.90 Å². The Balaban J connectivity index is 2.46. The molecule has 1 aliphatic heterocycles. The molecule has 0 aromatic carbocycles. The lowest BCUT2D eigenvalue weighted by Gasteiger charge is -2.34. The average Bonchev–Trinajstić information content (AvgIpc) is 2.26. The van der Waals surface area contributed by atoms with Gasteiger partial charge in [-0.1, -0.05) is 6.92 Å². The van der Waals surface area contributed by atoms with E-state index in [2.05, 4.69) is 0 Å². The summed E-state index contributed by atoms with van der Waals surface area (Å²) >= 11 is 5.54. The summed E-state index contributed by atoms with van der Waals surface area (Å²) in [7, 11) is 0. The molecule has 1 aliphatic rings. The van der Waals surface area contributed by atoms with Crippen LogP contribution in [0.25, 0.3) is 0 Å². The number of carbonyl (C=O) groups is 1. The summed E-state index contributed by atoms with van der Waals surface area (Å²) in [6, 6.07) is 0. The van der Waals surface area contributed by atoms with Gasteiger partial charge in [0.1, 0.15) is 0 Å². The van der Waals surface area contributed by atoms with Crippen LogP contribution >= 0.6 is 11.6 Å². The Hall–Kier alpha value is -0.450. The van der Waals surface area contributed by atoms with Crippen molar-refractivity contribution in [3.63, 3.8) is 0 Å². The second-order valence-electron chi connectivity index (χ2n) is 4.20. The van der Waals surface area contributed by atoms with Crippen LogP contribution in [0.1, 0.15) is 19.8 Å². The minimum atomic E-state index is -4.13. The number of piperidine rings is 1. The van der Waals surface area contributed by atoms with Gasteiger partial charge in [0.05, 0.1) is 5.92 Å². The van der Waals surface area contributed by atoms with Crippen LogP contribution in [-0.2, 0) is 4.79 Å². The smallest absolute Gasteiger partial charge is 0.342 e. The number of hydrogen-bond acceptors (Lipinski definition) is 1. The van der Waals surface area contributed by atoms with Gasteiger partial charge >= 0.3 is 6.18 Å². The van der Waals surface area contributed by atoms with Gasteiger partial charge in [-0.15, -0.1) is 11.6 Å². The van der Waals surface area contributed by atoms with Crippen LogP contribution in [0.15, 0.2) is 0 Å². The summed E-state index contributed by atoms with van der Waals surface area (Å²) in [6.45, 7) is 2.06. The number of alkyl halides is 4. The topological polar surface area (TPSA) is 20.3 Å². The standard InChI is InChI=1S/C10H15ClF3NO/c1-7(6-11)9(16)15-4-2-8(3-5-15)10(12,13)14/h7-8H,2-6H2,1H3. The van der Waals surface area contributed by atoms with Crippen molar-refractivity contribution in [3.8, 4) is 0 Å². The predicted molar refractivity (Wildman–Crippen MR) is 55.2 cm³/mol. The molecule has 1 atom stereocenters.